The molecule has 1 N–H and O–H groups in total. The number of ether oxygens (including phenoxy) is 1. The van der Waals surface area contributed by atoms with Crippen LogP contribution in [-0.4, -0.2) is 31.0 Å². The molecule has 0 radical (unpaired) electrons. The number of carbonyl (C=O) groups excluding carboxylic acids is 1. The molecular weight excluding hydrogens is 424 g/mol. The van der Waals surface area contributed by atoms with E-state index in [9.17, 15) is 4.79 Å². The van der Waals surface area contributed by atoms with Crippen molar-refractivity contribution < 1.29 is 9.53 Å². The number of carbonyl (C=O) groups is 1. The molecule has 0 spiro atoms. The Morgan fingerprint density at radius 3 is 2.65 bits per heavy atom. The zero-order valence-corrected chi connectivity index (χ0v) is 20.2. The molecule has 1 aromatic carbocycles. The van der Waals surface area contributed by atoms with E-state index in [1.54, 1.807) is 18.4 Å². The number of nitrogens with zero attached hydrogens (tertiary/aromatic N) is 1. The number of aryl methyl sites for hydroxylation is 1. The van der Waals surface area contributed by atoms with E-state index in [1.807, 2.05) is 23.6 Å². The number of benzene rings is 1. The summed E-state index contributed by atoms with van der Waals surface area (Å²) in [5, 5.41) is 6.13. The average molecular weight is 455 g/mol. The van der Waals surface area contributed by atoms with Crippen LogP contribution < -0.4 is 10.1 Å². The van der Waals surface area contributed by atoms with Crippen LogP contribution in [0.1, 0.15) is 57.0 Å². The van der Waals surface area contributed by atoms with Crippen molar-refractivity contribution in [1.29, 1.82) is 0 Å². The fraction of sp³-hybridized carbons (Fsp3) is 0.400. The van der Waals surface area contributed by atoms with E-state index in [1.165, 1.54) is 45.7 Å². The smallest absolute Gasteiger partial charge is 0.266 e. The van der Waals surface area contributed by atoms with E-state index in [4.69, 9.17) is 4.74 Å². The first-order chi connectivity index (χ1) is 15.0. The average Bonchev–Trinajstić information content (AvgIpc) is 3.40. The molecule has 1 aliphatic heterocycles. The molecule has 1 atom stereocenters. The van der Waals surface area contributed by atoms with E-state index < -0.39 is 0 Å². The van der Waals surface area contributed by atoms with Crippen molar-refractivity contribution in [1.82, 2.24) is 4.90 Å². The molecule has 0 bridgehead atoms. The van der Waals surface area contributed by atoms with Crippen LogP contribution in [0.15, 0.2) is 41.8 Å². The second-order valence-corrected chi connectivity index (χ2v) is 10.5. The normalized spacial score (nSPS) is 16.3. The summed E-state index contributed by atoms with van der Waals surface area (Å²) in [5.41, 5.74) is 3.69. The van der Waals surface area contributed by atoms with Gasteiger partial charge in [0.25, 0.3) is 5.91 Å². The fourth-order valence-electron chi connectivity index (χ4n) is 4.30. The fourth-order valence-corrected chi connectivity index (χ4v) is 6.00. The van der Waals surface area contributed by atoms with E-state index in [-0.39, 0.29) is 11.9 Å². The highest BCUT2D eigenvalue weighted by Crippen LogP contribution is 2.44. The van der Waals surface area contributed by atoms with Gasteiger partial charge in [0.1, 0.15) is 10.8 Å². The lowest BCUT2D eigenvalue weighted by molar-refractivity contribution is 0.103. The Bertz CT molecular complexity index is 1030. The van der Waals surface area contributed by atoms with E-state index in [0.717, 1.165) is 34.6 Å². The third kappa shape index (κ3) is 4.71. The molecule has 0 saturated carbocycles. The molecule has 4 nitrogen and oxygen atoms in total. The summed E-state index contributed by atoms with van der Waals surface area (Å²) in [4.78, 5) is 17.5. The van der Waals surface area contributed by atoms with Crippen LogP contribution in [0.2, 0.25) is 0 Å². The number of hydrogen-bond donors (Lipinski definition) is 1. The summed E-state index contributed by atoms with van der Waals surface area (Å²) in [6.45, 7) is 8.77. The van der Waals surface area contributed by atoms with Gasteiger partial charge >= 0.3 is 0 Å². The maximum Gasteiger partial charge on any atom is 0.266 e. The summed E-state index contributed by atoms with van der Waals surface area (Å²) < 4.78 is 5.54. The Hall–Kier alpha value is -2.15. The monoisotopic (exact) mass is 454 g/mol. The van der Waals surface area contributed by atoms with E-state index in [2.05, 4.69) is 49.2 Å². The number of hydrogen-bond acceptors (Lipinski definition) is 5. The van der Waals surface area contributed by atoms with Crippen molar-refractivity contribution in [3.63, 3.8) is 0 Å². The molecule has 31 heavy (non-hydrogen) atoms. The third-order valence-corrected chi connectivity index (χ3v) is 8.28. The predicted octanol–water partition coefficient (Wildman–Crippen LogP) is 6.51. The van der Waals surface area contributed by atoms with Gasteiger partial charge < -0.3 is 10.1 Å². The molecule has 164 valence electrons. The highest BCUT2D eigenvalue weighted by atomic mass is 32.1. The topological polar surface area (TPSA) is 41.6 Å². The molecule has 3 heterocycles. The predicted molar refractivity (Wildman–Crippen MR) is 131 cm³/mol. The molecule has 1 saturated heterocycles. The van der Waals surface area contributed by atoms with Crippen molar-refractivity contribution in [2.24, 2.45) is 5.92 Å². The van der Waals surface area contributed by atoms with Crippen LogP contribution in [0.3, 0.4) is 0 Å². The Labute approximate surface area is 192 Å². The number of rotatable bonds is 6. The van der Waals surface area contributed by atoms with Crippen LogP contribution >= 0.6 is 22.7 Å². The number of amides is 1. The van der Waals surface area contributed by atoms with Gasteiger partial charge in [0.2, 0.25) is 0 Å². The lowest BCUT2D eigenvalue weighted by Gasteiger charge is -2.38. The summed E-state index contributed by atoms with van der Waals surface area (Å²) >= 11 is 3.15. The van der Waals surface area contributed by atoms with Gasteiger partial charge in [-0.05, 0) is 80.4 Å². The number of thiophene rings is 2. The van der Waals surface area contributed by atoms with Gasteiger partial charge in [-0.2, -0.15) is 0 Å². The lowest BCUT2D eigenvalue weighted by atomic mass is 9.91. The van der Waals surface area contributed by atoms with Gasteiger partial charge in [0.05, 0.1) is 18.0 Å². The second kappa shape index (κ2) is 9.55. The third-order valence-electron chi connectivity index (χ3n) is 6.27. The second-order valence-electron chi connectivity index (χ2n) is 8.36. The minimum atomic E-state index is -0.0332. The van der Waals surface area contributed by atoms with Crippen LogP contribution in [0.25, 0.3) is 0 Å². The molecule has 2 aromatic heterocycles. The van der Waals surface area contributed by atoms with Crippen molar-refractivity contribution in [3.8, 4) is 5.75 Å². The SMILES string of the molecule is COc1cccc(C(c2c(NC(=O)c3cccs3)sc(C)c2C)N2CCC(C)CC2)c1. The summed E-state index contributed by atoms with van der Waals surface area (Å²) in [7, 11) is 1.71. The Morgan fingerprint density at radius 2 is 1.97 bits per heavy atom. The number of methoxy groups -OCH3 is 1. The Kier molecular flexibility index (Phi) is 6.80. The van der Waals surface area contributed by atoms with Gasteiger partial charge in [-0.25, -0.2) is 0 Å². The van der Waals surface area contributed by atoms with Crippen LogP contribution in [-0.2, 0) is 0 Å². The molecule has 1 fully saturated rings. The molecular formula is C25H30N2O2S2. The van der Waals surface area contributed by atoms with Crippen LogP contribution in [0, 0.1) is 19.8 Å². The largest absolute Gasteiger partial charge is 0.497 e. The van der Waals surface area contributed by atoms with Crippen molar-refractivity contribution in [2.45, 2.75) is 39.7 Å². The molecule has 1 aliphatic rings. The minimum absolute atomic E-state index is 0.0332. The first kappa shape index (κ1) is 22.1. The van der Waals surface area contributed by atoms with Crippen molar-refractivity contribution in [3.05, 3.63) is 68.2 Å². The van der Waals surface area contributed by atoms with Crippen molar-refractivity contribution >= 4 is 33.6 Å². The van der Waals surface area contributed by atoms with Crippen LogP contribution in [0.4, 0.5) is 5.00 Å². The van der Waals surface area contributed by atoms with Crippen molar-refractivity contribution in [2.75, 3.05) is 25.5 Å². The van der Waals surface area contributed by atoms with Crippen LogP contribution in [0.5, 0.6) is 5.75 Å². The van der Waals surface area contributed by atoms with E-state index >= 15 is 0 Å². The maximum absolute atomic E-state index is 12.9. The Morgan fingerprint density at radius 1 is 1.19 bits per heavy atom. The minimum Gasteiger partial charge on any atom is -0.497 e. The number of anilines is 1. The summed E-state index contributed by atoms with van der Waals surface area (Å²) in [6, 6.07) is 12.3. The van der Waals surface area contributed by atoms with Gasteiger partial charge in [-0.3, -0.25) is 9.69 Å². The van der Waals surface area contributed by atoms with Gasteiger partial charge in [-0.15, -0.1) is 22.7 Å². The Balaban J connectivity index is 1.78. The highest BCUT2D eigenvalue weighted by molar-refractivity contribution is 7.17. The van der Waals surface area contributed by atoms with Gasteiger partial charge in [-0.1, -0.05) is 25.1 Å². The molecule has 6 heteroatoms. The zero-order valence-electron chi connectivity index (χ0n) is 18.6. The quantitative estimate of drug-likeness (QED) is 0.462. The number of likely N-dealkylation sites (tertiary alicyclic amines) is 1. The number of piperidine rings is 1. The first-order valence-electron chi connectivity index (χ1n) is 10.8. The molecule has 1 amide bonds. The van der Waals surface area contributed by atoms with E-state index in [0.29, 0.717) is 0 Å². The first-order valence-corrected chi connectivity index (χ1v) is 12.5. The van der Waals surface area contributed by atoms with Gasteiger partial charge in [0.15, 0.2) is 0 Å². The zero-order chi connectivity index (χ0) is 22.0. The highest BCUT2D eigenvalue weighted by Gasteiger charge is 2.31. The lowest BCUT2D eigenvalue weighted by Crippen LogP contribution is -2.37. The molecule has 4 rings (SSSR count). The summed E-state index contributed by atoms with van der Waals surface area (Å²) in [6.07, 6.45) is 2.39. The number of nitrogens with one attached hydrogen (secondary N) is 1. The molecule has 0 aliphatic carbocycles. The van der Waals surface area contributed by atoms with Gasteiger partial charge in [0, 0.05) is 10.4 Å². The molecule has 3 aromatic rings. The standard InChI is InChI=1S/C25H30N2O2S2/c1-16-10-12-27(13-11-16)23(19-7-5-8-20(15-19)29-4)22-17(2)18(3)31-25(22)26-24(28)21-9-6-14-30-21/h5-9,14-16,23H,10-13H2,1-4H3,(H,26,28). The summed E-state index contributed by atoms with van der Waals surface area (Å²) in [5.74, 6) is 1.58. The molecule has 1 unspecified atom stereocenters. The maximum atomic E-state index is 12.9.